The van der Waals surface area contributed by atoms with E-state index in [9.17, 15) is 0 Å². The van der Waals surface area contributed by atoms with E-state index in [4.69, 9.17) is 4.98 Å². The van der Waals surface area contributed by atoms with Crippen molar-refractivity contribution >= 4 is 11.6 Å². The van der Waals surface area contributed by atoms with Gasteiger partial charge < -0.3 is 10.2 Å². The lowest BCUT2D eigenvalue weighted by Crippen LogP contribution is -2.23. The van der Waals surface area contributed by atoms with E-state index in [-0.39, 0.29) is 0 Å². The van der Waals surface area contributed by atoms with E-state index in [1.807, 2.05) is 42.7 Å². The fourth-order valence-electron chi connectivity index (χ4n) is 3.35. The van der Waals surface area contributed by atoms with Crippen LogP contribution in [0.2, 0.25) is 0 Å². The summed E-state index contributed by atoms with van der Waals surface area (Å²) in [5.74, 6) is 3.46. The normalized spacial score (nSPS) is 16.6. The molecule has 1 fully saturated rings. The van der Waals surface area contributed by atoms with Gasteiger partial charge in [-0.25, -0.2) is 15.0 Å². The summed E-state index contributed by atoms with van der Waals surface area (Å²) in [6, 6.07) is 18.3. The van der Waals surface area contributed by atoms with E-state index in [1.165, 1.54) is 5.56 Å². The van der Waals surface area contributed by atoms with Crippen molar-refractivity contribution in [2.24, 2.45) is 5.92 Å². The van der Waals surface area contributed by atoms with Crippen molar-refractivity contribution in [3.63, 3.8) is 0 Å². The van der Waals surface area contributed by atoms with Gasteiger partial charge in [-0.1, -0.05) is 36.4 Å². The molecule has 2 aromatic heterocycles. The highest BCUT2D eigenvalue weighted by Gasteiger charge is 2.23. The molecule has 0 spiro atoms. The van der Waals surface area contributed by atoms with Crippen molar-refractivity contribution in [3.8, 4) is 0 Å². The van der Waals surface area contributed by atoms with Crippen molar-refractivity contribution in [1.29, 1.82) is 0 Å². The standard InChI is InChI=1S/C21H23N5/c1-2-6-17(7-3-1)14-20-23-12-9-21(25-20)26-13-10-18(16-26)15-24-19-8-4-5-11-22-19/h1-9,11-12,18H,10,13-16H2,(H,22,24). The molecule has 0 amide bonds. The third kappa shape index (κ3) is 4.17. The van der Waals surface area contributed by atoms with Gasteiger partial charge in [0, 0.05) is 38.4 Å². The van der Waals surface area contributed by atoms with Gasteiger partial charge in [-0.2, -0.15) is 0 Å². The minimum absolute atomic E-state index is 0.601. The predicted octanol–water partition coefficient (Wildman–Crippen LogP) is 3.40. The smallest absolute Gasteiger partial charge is 0.135 e. The average Bonchev–Trinajstić information content (AvgIpc) is 3.17. The van der Waals surface area contributed by atoms with Crippen molar-refractivity contribution in [3.05, 3.63) is 78.4 Å². The first kappa shape index (κ1) is 16.5. The Balaban J connectivity index is 1.35. The molecule has 132 valence electrons. The molecule has 1 saturated heterocycles. The van der Waals surface area contributed by atoms with Crippen LogP contribution in [0.5, 0.6) is 0 Å². The molecule has 1 unspecified atom stereocenters. The maximum absolute atomic E-state index is 4.78. The SMILES string of the molecule is c1ccc(Cc2nccc(N3CCC(CNc4ccccn4)C3)n2)cc1. The van der Waals surface area contributed by atoms with Crippen LogP contribution < -0.4 is 10.2 Å². The van der Waals surface area contributed by atoms with Gasteiger partial charge in [-0.05, 0) is 36.1 Å². The fraction of sp³-hybridized carbons (Fsp3) is 0.286. The number of rotatable bonds is 6. The average molecular weight is 345 g/mol. The Morgan fingerprint density at radius 3 is 2.69 bits per heavy atom. The highest BCUT2D eigenvalue weighted by molar-refractivity contribution is 5.40. The lowest BCUT2D eigenvalue weighted by molar-refractivity contribution is 0.620. The van der Waals surface area contributed by atoms with Gasteiger partial charge in [-0.3, -0.25) is 0 Å². The zero-order chi connectivity index (χ0) is 17.6. The maximum atomic E-state index is 4.78. The topological polar surface area (TPSA) is 53.9 Å². The number of pyridine rings is 1. The molecule has 0 radical (unpaired) electrons. The highest BCUT2D eigenvalue weighted by Crippen LogP contribution is 2.22. The summed E-state index contributed by atoms with van der Waals surface area (Å²) in [4.78, 5) is 15.9. The molecule has 4 rings (SSSR count). The van der Waals surface area contributed by atoms with Crippen LogP contribution in [-0.2, 0) is 6.42 Å². The molecule has 5 heteroatoms. The molecule has 0 aliphatic carbocycles. The number of nitrogens with one attached hydrogen (secondary N) is 1. The Labute approximate surface area is 154 Å². The van der Waals surface area contributed by atoms with Crippen LogP contribution in [0.1, 0.15) is 17.8 Å². The van der Waals surface area contributed by atoms with Crippen molar-refractivity contribution in [1.82, 2.24) is 15.0 Å². The van der Waals surface area contributed by atoms with Gasteiger partial charge >= 0.3 is 0 Å². The van der Waals surface area contributed by atoms with Crippen molar-refractivity contribution in [2.45, 2.75) is 12.8 Å². The van der Waals surface area contributed by atoms with Crippen molar-refractivity contribution < 1.29 is 0 Å². The molecule has 5 nitrogen and oxygen atoms in total. The maximum Gasteiger partial charge on any atom is 0.135 e. The van der Waals surface area contributed by atoms with Crippen LogP contribution in [0.25, 0.3) is 0 Å². The summed E-state index contributed by atoms with van der Waals surface area (Å²) in [6.07, 6.45) is 5.63. The first-order chi connectivity index (χ1) is 12.9. The van der Waals surface area contributed by atoms with Gasteiger partial charge in [0.25, 0.3) is 0 Å². The molecule has 0 bridgehead atoms. The van der Waals surface area contributed by atoms with Gasteiger partial charge in [0.2, 0.25) is 0 Å². The number of aromatic nitrogens is 3. The van der Waals surface area contributed by atoms with E-state index in [2.05, 4.69) is 44.5 Å². The molecule has 26 heavy (non-hydrogen) atoms. The van der Waals surface area contributed by atoms with Crippen LogP contribution in [0.4, 0.5) is 11.6 Å². The van der Waals surface area contributed by atoms with Gasteiger partial charge in [-0.15, -0.1) is 0 Å². The zero-order valence-electron chi connectivity index (χ0n) is 14.8. The monoisotopic (exact) mass is 345 g/mol. The molecule has 0 saturated carbocycles. The molecule has 3 heterocycles. The van der Waals surface area contributed by atoms with Crippen LogP contribution in [-0.4, -0.2) is 34.6 Å². The quantitative estimate of drug-likeness (QED) is 0.742. The zero-order valence-corrected chi connectivity index (χ0v) is 14.8. The third-order valence-electron chi connectivity index (χ3n) is 4.74. The van der Waals surface area contributed by atoms with Crippen LogP contribution in [0, 0.1) is 5.92 Å². The summed E-state index contributed by atoms with van der Waals surface area (Å²) in [5.41, 5.74) is 1.24. The van der Waals surface area contributed by atoms with E-state index >= 15 is 0 Å². The number of benzene rings is 1. The second-order valence-corrected chi connectivity index (χ2v) is 6.69. The predicted molar refractivity (Wildman–Crippen MR) is 104 cm³/mol. The van der Waals surface area contributed by atoms with E-state index < -0.39 is 0 Å². The lowest BCUT2D eigenvalue weighted by atomic mass is 10.1. The summed E-state index contributed by atoms with van der Waals surface area (Å²) < 4.78 is 0. The molecule has 1 N–H and O–H groups in total. The Morgan fingerprint density at radius 1 is 0.962 bits per heavy atom. The third-order valence-corrected chi connectivity index (χ3v) is 4.74. The van der Waals surface area contributed by atoms with E-state index in [1.54, 1.807) is 0 Å². The first-order valence-corrected chi connectivity index (χ1v) is 9.12. The Hall–Kier alpha value is -2.95. The molecule has 1 aliphatic heterocycles. The molecular weight excluding hydrogens is 322 g/mol. The number of hydrogen-bond donors (Lipinski definition) is 1. The summed E-state index contributed by atoms with van der Waals surface area (Å²) >= 11 is 0. The van der Waals surface area contributed by atoms with Crippen molar-refractivity contribution in [2.75, 3.05) is 29.9 Å². The fourth-order valence-corrected chi connectivity index (χ4v) is 3.35. The van der Waals surface area contributed by atoms with Crippen LogP contribution in [0.3, 0.4) is 0 Å². The Morgan fingerprint density at radius 2 is 1.85 bits per heavy atom. The van der Waals surface area contributed by atoms with Crippen LogP contribution >= 0.6 is 0 Å². The second kappa shape index (κ2) is 7.95. The lowest BCUT2D eigenvalue weighted by Gasteiger charge is -2.18. The summed E-state index contributed by atoms with van der Waals surface area (Å²) in [7, 11) is 0. The number of anilines is 2. The van der Waals surface area contributed by atoms with Gasteiger partial charge in [0.1, 0.15) is 17.5 Å². The molecule has 1 aliphatic rings. The summed E-state index contributed by atoms with van der Waals surface area (Å²) in [5, 5.41) is 3.43. The second-order valence-electron chi connectivity index (χ2n) is 6.69. The van der Waals surface area contributed by atoms with Gasteiger partial charge in [0.15, 0.2) is 0 Å². The first-order valence-electron chi connectivity index (χ1n) is 9.12. The summed E-state index contributed by atoms with van der Waals surface area (Å²) in [6.45, 7) is 2.99. The number of nitrogens with zero attached hydrogens (tertiary/aromatic N) is 4. The molecular formula is C21H23N5. The van der Waals surface area contributed by atoms with E-state index in [0.717, 1.165) is 49.9 Å². The minimum atomic E-state index is 0.601. The van der Waals surface area contributed by atoms with E-state index in [0.29, 0.717) is 5.92 Å². The Bertz CT molecular complexity index is 822. The number of hydrogen-bond acceptors (Lipinski definition) is 5. The molecule has 3 aromatic rings. The largest absolute Gasteiger partial charge is 0.370 e. The highest BCUT2D eigenvalue weighted by atomic mass is 15.2. The minimum Gasteiger partial charge on any atom is -0.370 e. The molecule has 1 aromatic carbocycles. The molecule has 1 atom stereocenters. The Kier molecular flexibility index (Phi) is 5.05. The van der Waals surface area contributed by atoms with Gasteiger partial charge in [0.05, 0.1) is 0 Å². The van der Waals surface area contributed by atoms with Crippen LogP contribution in [0.15, 0.2) is 67.0 Å².